The van der Waals surface area contributed by atoms with Gasteiger partial charge in [0.25, 0.3) is 11.8 Å². The molecule has 310 valence electrons. The van der Waals surface area contributed by atoms with Crippen LogP contribution in [0.15, 0.2) is 48.5 Å². The molecule has 0 bridgehead atoms. The van der Waals surface area contributed by atoms with Crippen LogP contribution in [0.25, 0.3) is 22.0 Å². The zero-order valence-electron chi connectivity index (χ0n) is 31.3. The SMILES string of the molecule is C=S(C)(=O)Cc1nn(C)c2c(-c3ccc(C#CC4(O)CC(F)(F)C4)nc3[C@@H](CC(=O)Cn3nc(C(F)(F)F)c4c3C(F)(F)[C@@H]3C[C@H]43)Cc3cc(F)cc(F)c3)cccc12. The third-order valence-electron chi connectivity index (χ3n) is 10.9. The first-order chi connectivity index (χ1) is 27.4. The zero-order chi connectivity index (χ0) is 42.6. The molecule has 2 fully saturated rings. The number of halogens is 9. The summed E-state index contributed by atoms with van der Waals surface area (Å²) < 4.78 is 144. The van der Waals surface area contributed by atoms with Crippen molar-refractivity contribution in [2.24, 2.45) is 13.0 Å². The molecule has 3 aliphatic rings. The molecule has 4 atom stereocenters. The number of hydrogen-bond acceptors (Lipinski definition) is 6. The molecule has 8 nitrogen and oxygen atoms in total. The number of carbonyl (C=O) groups is 1. The van der Waals surface area contributed by atoms with Crippen LogP contribution in [0, 0.1) is 29.4 Å². The summed E-state index contributed by atoms with van der Waals surface area (Å²) in [6.45, 7) is -1.00. The van der Waals surface area contributed by atoms with Crippen molar-refractivity contribution in [3.05, 3.63) is 99.8 Å². The van der Waals surface area contributed by atoms with E-state index >= 15 is 8.78 Å². The van der Waals surface area contributed by atoms with Crippen LogP contribution >= 0.6 is 0 Å². The highest BCUT2D eigenvalue weighted by molar-refractivity contribution is 7.98. The molecule has 8 rings (SSSR count). The number of carbonyl (C=O) groups excluding carboxylic acids is 1. The van der Waals surface area contributed by atoms with Crippen molar-refractivity contribution < 1.29 is 53.6 Å². The Morgan fingerprint density at radius 3 is 2.39 bits per heavy atom. The van der Waals surface area contributed by atoms with E-state index in [1.54, 1.807) is 31.3 Å². The minimum absolute atomic E-state index is 0.0192. The van der Waals surface area contributed by atoms with Gasteiger partial charge in [-0.2, -0.15) is 32.1 Å². The van der Waals surface area contributed by atoms with Gasteiger partial charge in [-0.1, -0.05) is 24.1 Å². The number of ketones is 1. The van der Waals surface area contributed by atoms with Crippen molar-refractivity contribution in [2.75, 3.05) is 6.26 Å². The number of hydrogen-bond donors (Lipinski definition) is 1. The highest BCUT2D eigenvalue weighted by atomic mass is 32.2. The van der Waals surface area contributed by atoms with Crippen molar-refractivity contribution in [3.63, 3.8) is 0 Å². The lowest BCUT2D eigenvalue weighted by molar-refractivity contribution is -0.176. The molecule has 0 spiro atoms. The number of Topliss-reactive ketones (excluding diaryl/α,β-unsaturated/α-hetero) is 1. The average Bonchev–Trinajstić information content (AvgIpc) is 3.64. The first kappa shape index (κ1) is 40.6. The van der Waals surface area contributed by atoms with E-state index < -0.39 is 111 Å². The second-order valence-electron chi connectivity index (χ2n) is 16.0. The van der Waals surface area contributed by atoms with E-state index in [4.69, 9.17) is 4.98 Å². The molecule has 0 saturated heterocycles. The Morgan fingerprint density at radius 2 is 1.75 bits per heavy atom. The maximum atomic E-state index is 15.4. The smallest absolute Gasteiger partial charge is 0.377 e. The van der Waals surface area contributed by atoms with Gasteiger partial charge in [-0.15, -0.1) is 0 Å². The van der Waals surface area contributed by atoms with E-state index in [1.165, 1.54) is 17.0 Å². The third-order valence-corrected chi connectivity index (χ3v) is 11.8. The molecule has 59 heavy (non-hydrogen) atoms. The molecule has 2 aromatic carbocycles. The lowest BCUT2D eigenvalue weighted by Crippen LogP contribution is -2.50. The number of aryl methyl sites for hydroxylation is 1. The monoisotopic (exact) mass is 847 g/mol. The van der Waals surface area contributed by atoms with Crippen molar-refractivity contribution in [3.8, 4) is 23.0 Å². The van der Waals surface area contributed by atoms with Gasteiger partial charge in [0, 0.05) is 59.7 Å². The summed E-state index contributed by atoms with van der Waals surface area (Å²) in [5, 5.41) is 19.2. The molecule has 3 heterocycles. The molecule has 1 N–H and O–H groups in total. The molecule has 0 radical (unpaired) electrons. The number of alkyl halides is 7. The summed E-state index contributed by atoms with van der Waals surface area (Å²) in [6, 6.07) is 10.7. The minimum atomic E-state index is -5.08. The van der Waals surface area contributed by atoms with Gasteiger partial charge in [0.2, 0.25) is 0 Å². The fourth-order valence-electron chi connectivity index (χ4n) is 8.56. The summed E-state index contributed by atoms with van der Waals surface area (Å²) >= 11 is 0. The number of pyridine rings is 1. The Kier molecular flexibility index (Phi) is 9.43. The van der Waals surface area contributed by atoms with Gasteiger partial charge in [0.1, 0.15) is 35.2 Å². The van der Waals surface area contributed by atoms with Crippen LogP contribution in [-0.2, 0) is 52.2 Å². The first-order valence-corrected chi connectivity index (χ1v) is 20.6. The summed E-state index contributed by atoms with van der Waals surface area (Å²) in [5.74, 6) is -4.39. The highest BCUT2D eigenvalue weighted by Crippen LogP contribution is 2.68. The maximum Gasteiger partial charge on any atom is 0.435 e. The first-order valence-electron chi connectivity index (χ1n) is 18.3. The normalized spacial score (nSPS) is 21.2. The van der Waals surface area contributed by atoms with E-state index in [9.17, 15) is 44.8 Å². The summed E-state index contributed by atoms with van der Waals surface area (Å²) in [4.78, 5) is 18.7. The maximum absolute atomic E-state index is 15.4. The van der Waals surface area contributed by atoms with Gasteiger partial charge in [-0.25, -0.2) is 22.5 Å². The van der Waals surface area contributed by atoms with Gasteiger partial charge in [0.05, 0.1) is 35.5 Å². The molecule has 3 aliphatic carbocycles. The lowest BCUT2D eigenvalue weighted by Gasteiger charge is -2.39. The predicted molar refractivity (Wildman–Crippen MR) is 199 cm³/mol. The van der Waals surface area contributed by atoms with E-state index in [-0.39, 0.29) is 35.5 Å². The van der Waals surface area contributed by atoms with Crippen molar-refractivity contribution in [2.45, 2.75) is 79.9 Å². The minimum Gasteiger partial charge on any atom is -0.377 e. The summed E-state index contributed by atoms with van der Waals surface area (Å²) in [5.41, 5.74) is -3.35. The number of rotatable bonds is 10. The van der Waals surface area contributed by atoms with Crippen molar-refractivity contribution in [1.29, 1.82) is 0 Å². The molecule has 0 amide bonds. The van der Waals surface area contributed by atoms with Crippen LogP contribution in [0.1, 0.15) is 77.1 Å². The highest BCUT2D eigenvalue weighted by Gasteiger charge is 2.68. The molecular formula is C41H34F9N5O3S. The standard InChI is InChI=1S/C41H34F9N5O3S/c1-54-35-28(5-4-6-29(35)32(52-54)18-59(2,3)58)27-8-7-25(9-10-38(57)19-39(44,45)20-38)51-34(27)22(11-21-12-23(42)15-24(43)13-21)14-26(56)17-55-37-33(36(53-55)41(48,49)50)30-16-31(30)40(37,46)47/h4-8,12-13,15,22,30-31,57H,2,11,14,16-20H2,1,3H3/t22-,30+,31-,59?/m1/s1. The predicted octanol–water partition coefficient (Wildman–Crippen LogP) is 7.68. The number of nitrogens with zero attached hydrogens (tertiary/aromatic N) is 5. The van der Waals surface area contributed by atoms with Crippen molar-refractivity contribution in [1.82, 2.24) is 24.5 Å². The number of aliphatic hydroxyl groups is 1. The Bertz CT molecular complexity index is 2720. The third kappa shape index (κ3) is 7.74. The number of para-hydroxylation sites is 1. The van der Waals surface area contributed by atoms with Crippen LogP contribution < -0.4 is 0 Å². The van der Waals surface area contributed by atoms with Gasteiger partial charge in [0.15, 0.2) is 11.5 Å². The Balaban J connectivity index is 1.26. The molecule has 0 aliphatic heterocycles. The van der Waals surface area contributed by atoms with E-state index in [2.05, 4.69) is 27.9 Å². The van der Waals surface area contributed by atoms with Crippen molar-refractivity contribution >= 4 is 32.1 Å². The average molecular weight is 848 g/mol. The van der Waals surface area contributed by atoms with E-state index in [1.807, 2.05) is 0 Å². The van der Waals surface area contributed by atoms with Gasteiger partial charge in [-0.3, -0.25) is 18.4 Å². The zero-order valence-corrected chi connectivity index (χ0v) is 32.1. The number of fused-ring (bicyclic) bond motifs is 4. The van der Waals surface area contributed by atoms with Crippen LogP contribution in [0.3, 0.4) is 0 Å². The van der Waals surface area contributed by atoms with Crippen LogP contribution in [0.4, 0.5) is 39.5 Å². The largest absolute Gasteiger partial charge is 0.435 e. The quantitative estimate of drug-likeness (QED) is 0.0880. The summed E-state index contributed by atoms with van der Waals surface area (Å²) in [6.07, 6.45) is -6.53. The Labute approximate surface area is 331 Å². The number of benzene rings is 2. The van der Waals surface area contributed by atoms with E-state index in [0.717, 1.165) is 12.1 Å². The Morgan fingerprint density at radius 1 is 1.05 bits per heavy atom. The lowest BCUT2D eigenvalue weighted by atomic mass is 9.77. The summed E-state index contributed by atoms with van der Waals surface area (Å²) in [7, 11) is -0.938. The van der Waals surface area contributed by atoms with Gasteiger partial charge >= 0.3 is 6.18 Å². The molecule has 18 heteroatoms. The fourth-order valence-corrected chi connectivity index (χ4v) is 9.35. The van der Waals surface area contributed by atoms with Gasteiger partial charge in [-0.05, 0) is 69.9 Å². The van der Waals surface area contributed by atoms with E-state index in [0.29, 0.717) is 38.5 Å². The topological polar surface area (TPSA) is 103 Å². The molecule has 1 unspecified atom stereocenters. The van der Waals surface area contributed by atoms with Gasteiger partial charge < -0.3 is 5.11 Å². The Hall–Kier alpha value is -5.15. The number of aromatic nitrogens is 5. The van der Waals surface area contributed by atoms with Crippen LogP contribution in [0.5, 0.6) is 0 Å². The molecule has 3 aromatic heterocycles. The second-order valence-corrected chi connectivity index (χ2v) is 18.6. The fraction of sp³-hybridized carbons (Fsp3) is 0.390. The molecular weight excluding hydrogens is 814 g/mol. The van der Waals surface area contributed by atoms with Crippen LogP contribution in [0.2, 0.25) is 0 Å². The second kappa shape index (κ2) is 13.7. The molecule has 5 aromatic rings. The molecule has 2 saturated carbocycles. The van der Waals surface area contributed by atoms with Crippen LogP contribution in [-0.4, -0.2) is 63.3 Å².